The molecule has 0 bridgehead atoms. The third-order valence-corrected chi connectivity index (χ3v) is 4.58. The molecule has 1 saturated heterocycles. The average molecular weight is 467 g/mol. The SMILES string of the molecule is CCOC(=O)C1CNCCN1C(=O)c1cc(I)ccc1Br. The first-order chi connectivity index (χ1) is 10.0. The summed E-state index contributed by atoms with van der Waals surface area (Å²) in [6.45, 7) is 3.65. The van der Waals surface area contributed by atoms with E-state index in [4.69, 9.17) is 4.74 Å². The number of ether oxygens (including phenoxy) is 1. The largest absolute Gasteiger partial charge is 0.464 e. The highest BCUT2D eigenvalue weighted by atomic mass is 127. The molecule has 0 aliphatic carbocycles. The molecule has 0 aromatic heterocycles. The van der Waals surface area contributed by atoms with Crippen molar-refractivity contribution in [2.75, 3.05) is 26.2 Å². The van der Waals surface area contributed by atoms with Crippen LogP contribution in [0.4, 0.5) is 0 Å². The van der Waals surface area contributed by atoms with Crippen LogP contribution in [-0.2, 0) is 9.53 Å². The van der Waals surface area contributed by atoms with E-state index in [1.54, 1.807) is 11.8 Å². The molecule has 1 atom stereocenters. The molecule has 0 saturated carbocycles. The Labute approximate surface area is 145 Å². The van der Waals surface area contributed by atoms with Gasteiger partial charge >= 0.3 is 5.97 Å². The molecule has 21 heavy (non-hydrogen) atoms. The van der Waals surface area contributed by atoms with Crippen LogP contribution in [0.5, 0.6) is 0 Å². The molecule has 5 nitrogen and oxygen atoms in total. The third-order valence-electron chi connectivity index (χ3n) is 3.22. The van der Waals surface area contributed by atoms with E-state index in [0.717, 1.165) is 8.04 Å². The van der Waals surface area contributed by atoms with Gasteiger partial charge in [-0.25, -0.2) is 4.79 Å². The second-order valence-electron chi connectivity index (χ2n) is 4.59. The fourth-order valence-electron chi connectivity index (χ4n) is 2.21. The number of benzene rings is 1. The lowest BCUT2D eigenvalue weighted by Gasteiger charge is -2.34. The highest BCUT2D eigenvalue weighted by Crippen LogP contribution is 2.22. The zero-order valence-corrected chi connectivity index (χ0v) is 15.3. The van der Waals surface area contributed by atoms with Crippen molar-refractivity contribution in [3.05, 3.63) is 31.8 Å². The van der Waals surface area contributed by atoms with Gasteiger partial charge in [-0.1, -0.05) is 0 Å². The summed E-state index contributed by atoms with van der Waals surface area (Å²) in [5, 5.41) is 3.13. The van der Waals surface area contributed by atoms with Crippen molar-refractivity contribution in [2.45, 2.75) is 13.0 Å². The molecule has 0 radical (unpaired) electrons. The molecular weight excluding hydrogens is 451 g/mol. The Kier molecular flexibility index (Phi) is 6.00. The fourth-order valence-corrected chi connectivity index (χ4v) is 3.12. The minimum absolute atomic E-state index is 0.153. The number of piperazine rings is 1. The van der Waals surface area contributed by atoms with Gasteiger partial charge in [0.25, 0.3) is 5.91 Å². The Morgan fingerprint density at radius 2 is 2.29 bits per heavy atom. The topological polar surface area (TPSA) is 58.6 Å². The van der Waals surface area contributed by atoms with E-state index in [1.165, 1.54) is 0 Å². The van der Waals surface area contributed by atoms with Crippen molar-refractivity contribution in [2.24, 2.45) is 0 Å². The van der Waals surface area contributed by atoms with Gasteiger partial charge in [0.2, 0.25) is 0 Å². The first kappa shape index (κ1) is 16.7. The van der Waals surface area contributed by atoms with Crippen LogP contribution in [0.2, 0.25) is 0 Å². The highest BCUT2D eigenvalue weighted by molar-refractivity contribution is 14.1. The maximum atomic E-state index is 12.7. The molecule has 114 valence electrons. The number of carbonyl (C=O) groups excluding carboxylic acids is 2. The molecule has 1 N–H and O–H groups in total. The number of nitrogens with one attached hydrogen (secondary N) is 1. The molecular formula is C14H16BrIN2O3. The summed E-state index contributed by atoms with van der Waals surface area (Å²) in [7, 11) is 0. The minimum Gasteiger partial charge on any atom is -0.464 e. The Bertz CT molecular complexity index is 553. The monoisotopic (exact) mass is 466 g/mol. The van der Waals surface area contributed by atoms with Crippen molar-refractivity contribution < 1.29 is 14.3 Å². The second kappa shape index (κ2) is 7.55. The van der Waals surface area contributed by atoms with Crippen LogP contribution in [0.15, 0.2) is 22.7 Å². The maximum Gasteiger partial charge on any atom is 0.330 e. The van der Waals surface area contributed by atoms with Crippen molar-refractivity contribution in [3.8, 4) is 0 Å². The second-order valence-corrected chi connectivity index (χ2v) is 6.69. The molecule has 1 aromatic carbocycles. The van der Waals surface area contributed by atoms with E-state index >= 15 is 0 Å². The lowest BCUT2D eigenvalue weighted by molar-refractivity contribution is -0.149. The van der Waals surface area contributed by atoms with Crippen LogP contribution >= 0.6 is 38.5 Å². The van der Waals surface area contributed by atoms with E-state index in [-0.39, 0.29) is 11.9 Å². The quantitative estimate of drug-likeness (QED) is 0.547. The van der Waals surface area contributed by atoms with E-state index in [0.29, 0.717) is 31.8 Å². The number of nitrogens with zero attached hydrogens (tertiary/aromatic N) is 1. The highest BCUT2D eigenvalue weighted by Gasteiger charge is 2.34. The smallest absolute Gasteiger partial charge is 0.330 e. The van der Waals surface area contributed by atoms with Crippen LogP contribution in [0.3, 0.4) is 0 Å². The average Bonchev–Trinajstić information content (AvgIpc) is 2.49. The number of hydrogen-bond acceptors (Lipinski definition) is 4. The summed E-state index contributed by atoms with van der Waals surface area (Å²) < 4.78 is 6.77. The molecule has 1 aliphatic heterocycles. The predicted octanol–water partition coefficient (Wildman–Crippen LogP) is 2.03. The van der Waals surface area contributed by atoms with Crippen molar-refractivity contribution in [3.63, 3.8) is 0 Å². The number of esters is 1. The van der Waals surface area contributed by atoms with E-state index in [1.807, 2.05) is 18.2 Å². The Hall–Kier alpha value is -0.670. The summed E-state index contributed by atoms with van der Waals surface area (Å²) in [5.41, 5.74) is 0.568. The molecule has 1 amide bonds. The summed E-state index contributed by atoms with van der Waals surface area (Å²) in [5.74, 6) is -0.514. The van der Waals surface area contributed by atoms with Gasteiger partial charge in [0.1, 0.15) is 6.04 Å². The van der Waals surface area contributed by atoms with Gasteiger partial charge in [-0.2, -0.15) is 0 Å². The van der Waals surface area contributed by atoms with Gasteiger partial charge in [-0.05, 0) is 63.6 Å². The number of carbonyl (C=O) groups is 2. The molecule has 0 spiro atoms. The summed E-state index contributed by atoms with van der Waals surface area (Å²) in [4.78, 5) is 26.4. The molecule has 1 unspecified atom stereocenters. The van der Waals surface area contributed by atoms with Gasteiger partial charge in [0.15, 0.2) is 0 Å². The first-order valence-electron chi connectivity index (χ1n) is 6.68. The maximum absolute atomic E-state index is 12.7. The normalized spacial score (nSPS) is 18.4. The van der Waals surface area contributed by atoms with Crippen molar-refractivity contribution >= 4 is 50.4 Å². The molecule has 1 aliphatic rings. The van der Waals surface area contributed by atoms with Crippen LogP contribution in [0, 0.1) is 3.57 Å². The molecule has 7 heteroatoms. The van der Waals surface area contributed by atoms with Gasteiger partial charge in [0.05, 0.1) is 12.2 Å². The Morgan fingerprint density at radius 1 is 1.52 bits per heavy atom. The zero-order chi connectivity index (χ0) is 15.4. The van der Waals surface area contributed by atoms with E-state index < -0.39 is 6.04 Å². The van der Waals surface area contributed by atoms with Crippen molar-refractivity contribution in [1.29, 1.82) is 0 Å². The summed E-state index contributed by atoms with van der Waals surface area (Å²) in [6.07, 6.45) is 0. The molecule has 1 fully saturated rings. The first-order valence-corrected chi connectivity index (χ1v) is 8.55. The Morgan fingerprint density at radius 3 is 3.00 bits per heavy atom. The summed E-state index contributed by atoms with van der Waals surface area (Å²) >= 11 is 5.57. The third kappa shape index (κ3) is 3.95. The fraction of sp³-hybridized carbons (Fsp3) is 0.429. The summed E-state index contributed by atoms with van der Waals surface area (Å²) in [6, 6.07) is 5.01. The van der Waals surface area contributed by atoms with Gasteiger partial charge in [-0.3, -0.25) is 4.79 Å². The van der Waals surface area contributed by atoms with Gasteiger partial charge < -0.3 is 15.0 Å². The molecule has 1 heterocycles. The molecule has 1 aromatic rings. The van der Waals surface area contributed by atoms with E-state index in [9.17, 15) is 9.59 Å². The van der Waals surface area contributed by atoms with Crippen molar-refractivity contribution in [1.82, 2.24) is 10.2 Å². The minimum atomic E-state index is -0.573. The predicted molar refractivity (Wildman–Crippen MR) is 91.2 cm³/mol. The number of hydrogen-bond donors (Lipinski definition) is 1. The van der Waals surface area contributed by atoms with E-state index in [2.05, 4.69) is 43.8 Å². The van der Waals surface area contributed by atoms with Crippen LogP contribution < -0.4 is 5.32 Å². The lowest BCUT2D eigenvalue weighted by Crippen LogP contribution is -2.57. The zero-order valence-electron chi connectivity index (χ0n) is 11.6. The lowest BCUT2D eigenvalue weighted by atomic mass is 10.1. The molecule has 2 rings (SSSR count). The van der Waals surface area contributed by atoms with Gasteiger partial charge in [0, 0.05) is 27.7 Å². The number of amides is 1. The van der Waals surface area contributed by atoms with Crippen LogP contribution in [0.25, 0.3) is 0 Å². The number of halogens is 2. The van der Waals surface area contributed by atoms with Crippen LogP contribution in [0.1, 0.15) is 17.3 Å². The Balaban J connectivity index is 2.26. The standard InChI is InChI=1S/C14H16BrIN2O3/c1-2-21-14(20)12-8-17-5-6-18(12)13(19)10-7-9(16)3-4-11(10)15/h3-4,7,12,17H,2,5-6,8H2,1H3. The van der Waals surface area contributed by atoms with Crippen LogP contribution in [-0.4, -0.2) is 49.1 Å². The van der Waals surface area contributed by atoms with Gasteiger partial charge in [-0.15, -0.1) is 0 Å². The number of rotatable bonds is 3.